The van der Waals surface area contributed by atoms with Crippen molar-refractivity contribution in [2.75, 3.05) is 13.7 Å². The highest BCUT2D eigenvalue weighted by Gasteiger charge is 2.33. The zero-order chi connectivity index (χ0) is 20.1. The summed E-state index contributed by atoms with van der Waals surface area (Å²) >= 11 is 6.12. The number of nitrogens with zero attached hydrogens (tertiary/aromatic N) is 1. The largest absolute Gasteiger partial charge is 0.493 e. The molecule has 4 nitrogen and oxygen atoms in total. The summed E-state index contributed by atoms with van der Waals surface area (Å²) in [7, 11) is 1.55. The highest BCUT2D eigenvalue weighted by molar-refractivity contribution is 6.31. The van der Waals surface area contributed by atoms with Crippen molar-refractivity contribution in [3.63, 3.8) is 0 Å². The Morgan fingerprint density at radius 3 is 2.75 bits per heavy atom. The van der Waals surface area contributed by atoms with Gasteiger partial charge in [0.15, 0.2) is 18.1 Å². The fourth-order valence-electron chi connectivity index (χ4n) is 3.01. The van der Waals surface area contributed by atoms with Gasteiger partial charge in [0.05, 0.1) is 13.7 Å². The molecule has 1 fully saturated rings. The summed E-state index contributed by atoms with van der Waals surface area (Å²) < 4.78 is 25.2. The number of allylic oxidation sites excluding steroid dienone is 1. The molecule has 0 radical (unpaired) electrons. The molecule has 0 N–H and O–H groups in total. The minimum atomic E-state index is -0.411. The van der Waals surface area contributed by atoms with Crippen LogP contribution in [0.5, 0.6) is 11.5 Å². The molecule has 6 heteroatoms. The first-order valence-corrected chi connectivity index (χ1v) is 9.54. The molecule has 148 valence electrons. The van der Waals surface area contributed by atoms with E-state index in [2.05, 4.69) is 6.58 Å². The average molecular weight is 404 g/mol. The van der Waals surface area contributed by atoms with E-state index in [0.29, 0.717) is 28.5 Å². The first-order chi connectivity index (χ1) is 13.5. The number of hydrogen-bond donors (Lipinski definition) is 0. The molecular weight excluding hydrogens is 381 g/mol. The third-order valence-electron chi connectivity index (χ3n) is 4.66. The second kappa shape index (κ2) is 9.11. The van der Waals surface area contributed by atoms with Crippen LogP contribution < -0.4 is 9.47 Å². The van der Waals surface area contributed by atoms with Crippen molar-refractivity contribution < 1.29 is 18.7 Å². The lowest BCUT2D eigenvalue weighted by Gasteiger charge is -2.23. The predicted molar refractivity (Wildman–Crippen MR) is 107 cm³/mol. The third-order valence-corrected chi connectivity index (χ3v) is 5.01. The first kappa shape index (κ1) is 20.2. The third kappa shape index (κ3) is 4.84. The molecule has 0 atom stereocenters. The molecule has 2 aromatic carbocycles. The van der Waals surface area contributed by atoms with E-state index in [1.807, 2.05) is 12.1 Å². The van der Waals surface area contributed by atoms with Crippen molar-refractivity contribution in [3.8, 4) is 11.5 Å². The van der Waals surface area contributed by atoms with Crippen LogP contribution in [0.3, 0.4) is 0 Å². The van der Waals surface area contributed by atoms with Crippen molar-refractivity contribution in [2.24, 2.45) is 0 Å². The number of ether oxygens (including phenoxy) is 2. The van der Waals surface area contributed by atoms with Crippen LogP contribution in [0, 0.1) is 5.82 Å². The molecule has 2 aromatic rings. The molecular formula is C22H23ClFNO3. The summed E-state index contributed by atoms with van der Waals surface area (Å²) in [5, 5.41) is 0.318. The molecule has 0 aromatic heterocycles. The SMILES string of the molecule is C=CCc1ccc(OCC(=O)N(Cc2c(F)cccc2Cl)C2CC2)c(OC)c1. The molecule has 0 saturated heterocycles. The van der Waals surface area contributed by atoms with E-state index in [0.717, 1.165) is 18.4 Å². The number of hydrogen-bond acceptors (Lipinski definition) is 3. The molecule has 0 spiro atoms. The van der Waals surface area contributed by atoms with Crippen LogP contribution in [0.15, 0.2) is 49.1 Å². The number of methoxy groups -OCH3 is 1. The molecule has 0 aliphatic heterocycles. The van der Waals surface area contributed by atoms with Crippen molar-refractivity contribution in [2.45, 2.75) is 31.8 Å². The first-order valence-electron chi connectivity index (χ1n) is 9.16. The lowest BCUT2D eigenvalue weighted by molar-refractivity contribution is -0.134. The molecule has 1 aliphatic carbocycles. The van der Waals surface area contributed by atoms with Crippen molar-refractivity contribution in [1.82, 2.24) is 4.90 Å². The van der Waals surface area contributed by atoms with Crippen molar-refractivity contribution in [1.29, 1.82) is 0 Å². The molecule has 0 bridgehead atoms. The molecule has 1 aliphatic rings. The highest BCUT2D eigenvalue weighted by atomic mass is 35.5. The van der Waals surface area contributed by atoms with Gasteiger partial charge in [0.2, 0.25) is 0 Å². The summed E-state index contributed by atoms with van der Waals surface area (Å²) in [5.41, 5.74) is 1.37. The van der Waals surface area contributed by atoms with Crippen molar-refractivity contribution >= 4 is 17.5 Å². The Labute approximate surface area is 169 Å². The topological polar surface area (TPSA) is 38.8 Å². The number of carbonyl (C=O) groups excluding carboxylic acids is 1. The van der Waals surface area contributed by atoms with E-state index < -0.39 is 5.82 Å². The maximum Gasteiger partial charge on any atom is 0.261 e. The molecule has 0 unspecified atom stereocenters. The van der Waals surface area contributed by atoms with Crippen LogP contribution in [0.4, 0.5) is 4.39 Å². The summed E-state index contributed by atoms with van der Waals surface area (Å²) in [4.78, 5) is 14.4. The molecule has 0 heterocycles. The predicted octanol–water partition coefficient (Wildman–Crippen LogP) is 4.79. The van der Waals surface area contributed by atoms with Gasteiger partial charge in [-0.2, -0.15) is 0 Å². The van der Waals surface area contributed by atoms with E-state index in [1.165, 1.54) is 6.07 Å². The van der Waals surface area contributed by atoms with Gasteiger partial charge in [-0.25, -0.2) is 4.39 Å². The Morgan fingerprint density at radius 2 is 2.11 bits per heavy atom. The lowest BCUT2D eigenvalue weighted by Crippen LogP contribution is -2.36. The van der Waals surface area contributed by atoms with Gasteiger partial charge in [-0.15, -0.1) is 6.58 Å². The standard InChI is InChI=1S/C22H23ClFNO3/c1-3-5-15-8-11-20(21(12-15)27-2)28-14-22(26)25(16-9-10-16)13-17-18(23)6-4-7-19(17)24/h3-4,6-8,11-12,16H,1,5,9-10,13-14H2,2H3. The maximum absolute atomic E-state index is 14.1. The van der Waals surface area contributed by atoms with E-state index in [4.69, 9.17) is 21.1 Å². The number of benzene rings is 2. The Hall–Kier alpha value is -2.53. The quantitative estimate of drug-likeness (QED) is 0.565. The van der Waals surface area contributed by atoms with Crippen LogP contribution in [0.2, 0.25) is 5.02 Å². The normalized spacial score (nSPS) is 13.1. The zero-order valence-corrected chi connectivity index (χ0v) is 16.5. The monoisotopic (exact) mass is 403 g/mol. The maximum atomic E-state index is 14.1. The number of amides is 1. The zero-order valence-electron chi connectivity index (χ0n) is 15.8. The van der Waals surface area contributed by atoms with E-state index >= 15 is 0 Å². The second-order valence-electron chi connectivity index (χ2n) is 6.72. The second-order valence-corrected chi connectivity index (χ2v) is 7.13. The molecule has 1 amide bonds. The Bertz CT molecular complexity index is 847. The summed E-state index contributed by atoms with van der Waals surface area (Å²) in [5.74, 6) is 0.427. The lowest BCUT2D eigenvalue weighted by atomic mass is 10.1. The van der Waals surface area contributed by atoms with Crippen LogP contribution >= 0.6 is 11.6 Å². The van der Waals surface area contributed by atoms with E-state index in [1.54, 1.807) is 36.3 Å². The Kier molecular flexibility index (Phi) is 6.57. The molecule has 3 rings (SSSR count). The van der Waals surface area contributed by atoms with Crippen LogP contribution in [0.1, 0.15) is 24.0 Å². The van der Waals surface area contributed by atoms with E-state index in [-0.39, 0.29) is 25.1 Å². The van der Waals surface area contributed by atoms with Crippen LogP contribution in [-0.4, -0.2) is 30.6 Å². The molecule has 28 heavy (non-hydrogen) atoms. The van der Waals surface area contributed by atoms with Gasteiger partial charge in [-0.3, -0.25) is 4.79 Å². The highest BCUT2D eigenvalue weighted by Crippen LogP contribution is 2.32. The van der Waals surface area contributed by atoms with Gasteiger partial charge in [0.1, 0.15) is 5.82 Å². The Morgan fingerprint density at radius 1 is 1.32 bits per heavy atom. The Balaban J connectivity index is 1.69. The van der Waals surface area contributed by atoms with Gasteiger partial charge >= 0.3 is 0 Å². The number of carbonyl (C=O) groups is 1. The number of rotatable bonds is 9. The van der Waals surface area contributed by atoms with Gasteiger partial charge in [0, 0.05) is 16.6 Å². The van der Waals surface area contributed by atoms with Crippen LogP contribution in [0.25, 0.3) is 0 Å². The number of halogens is 2. The minimum Gasteiger partial charge on any atom is -0.493 e. The summed E-state index contributed by atoms with van der Waals surface area (Å²) in [6, 6.07) is 10.2. The van der Waals surface area contributed by atoms with Gasteiger partial charge in [-0.1, -0.05) is 29.8 Å². The average Bonchev–Trinajstić information content (AvgIpc) is 3.51. The molecule has 1 saturated carbocycles. The van der Waals surface area contributed by atoms with E-state index in [9.17, 15) is 9.18 Å². The van der Waals surface area contributed by atoms with Gasteiger partial charge < -0.3 is 14.4 Å². The fourth-order valence-corrected chi connectivity index (χ4v) is 3.23. The van der Waals surface area contributed by atoms with Gasteiger partial charge in [-0.05, 0) is 49.1 Å². The minimum absolute atomic E-state index is 0.101. The smallest absolute Gasteiger partial charge is 0.261 e. The summed E-state index contributed by atoms with van der Waals surface area (Å²) in [6.45, 7) is 3.70. The summed E-state index contributed by atoms with van der Waals surface area (Å²) in [6.07, 6.45) is 4.32. The fraction of sp³-hybridized carbons (Fsp3) is 0.318. The van der Waals surface area contributed by atoms with Crippen LogP contribution in [-0.2, 0) is 17.8 Å². The van der Waals surface area contributed by atoms with Gasteiger partial charge in [0.25, 0.3) is 5.91 Å². The van der Waals surface area contributed by atoms with Crippen molar-refractivity contribution in [3.05, 3.63) is 71.0 Å².